The smallest absolute Gasteiger partial charge is 0.351 e. The van der Waals surface area contributed by atoms with Gasteiger partial charge in [-0.1, -0.05) is 20.8 Å². The van der Waals surface area contributed by atoms with Crippen LogP contribution in [-0.2, 0) is 9.16 Å². The molecule has 1 unspecified atom stereocenters. The van der Waals surface area contributed by atoms with E-state index in [-0.39, 0.29) is 29.5 Å². The van der Waals surface area contributed by atoms with Crippen LogP contribution >= 0.6 is 9.24 Å². The van der Waals surface area contributed by atoms with Gasteiger partial charge in [-0.2, -0.15) is 4.98 Å². The topological polar surface area (TPSA) is 103 Å². The Balaban J connectivity index is 2.04. The van der Waals surface area contributed by atoms with Crippen LogP contribution in [0.1, 0.15) is 33.4 Å². The first kappa shape index (κ1) is 21.2. The normalized spacial score (nSPS) is 23.9. The molecule has 0 saturated carbocycles. The molecule has 1 aromatic heterocycles. The van der Waals surface area contributed by atoms with E-state index in [2.05, 4.69) is 44.2 Å². The molecule has 0 radical (unpaired) electrons. The molecule has 0 aromatic carbocycles. The minimum Gasteiger partial charge on any atom is -0.414 e. The summed E-state index contributed by atoms with van der Waals surface area (Å²) >= 11 is 0. The van der Waals surface area contributed by atoms with Crippen molar-refractivity contribution >= 4 is 29.0 Å². The number of carbonyl (C=O) groups excluding carboxylic acids is 1. The Kier molecular flexibility index (Phi) is 6.40. The van der Waals surface area contributed by atoms with E-state index in [1.54, 1.807) is 0 Å². The Bertz CT molecular complexity index is 719. The molecule has 1 saturated heterocycles. The molecule has 0 aliphatic carbocycles. The van der Waals surface area contributed by atoms with Crippen molar-refractivity contribution in [1.29, 1.82) is 0 Å². The van der Waals surface area contributed by atoms with Gasteiger partial charge in [-0.15, -0.1) is 0 Å². The second-order valence-corrected chi connectivity index (χ2v) is 13.3. The van der Waals surface area contributed by atoms with Crippen LogP contribution in [0, 0.1) is 0 Å². The van der Waals surface area contributed by atoms with Crippen molar-refractivity contribution in [3.05, 3.63) is 22.7 Å². The fraction of sp³-hybridized carbons (Fsp3) is 0.688. The van der Waals surface area contributed by atoms with Crippen molar-refractivity contribution < 1.29 is 19.1 Å². The molecule has 1 aliphatic rings. The molecule has 1 aromatic rings. The quantitative estimate of drug-likeness (QED) is 0.580. The van der Waals surface area contributed by atoms with Crippen LogP contribution in [0.25, 0.3) is 0 Å². The number of ether oxygens (including phenoxy) is 1. The average molecular weight is 401 g/mol. The molecule has 4 atom stereocenters. The van der Waals surface area contributed by atoms with Gasteiger partial charge in [-0.05, 0) is 33.4 Å². The van der Waals surface area contributed by atoms with Crippen LogP contribution in [-0.4, -0.2) is 47.4 Å². The molecule has 2 N–H and O–H groups in total. The molecule has 0 bridgehead atoms. The Morgan fingerprint density at radius 1 is 1.54 bits per heavy atom. The zero-order chi connectivity index (χ0) is 19.7. The molecule has 0 spiro atoms. The highest BCUT2D eigenvalue weighted by atomic mass is 31.0. The largest absolute Gasteiger partial charge is 0.414 e. The number of hydrogen-bond donors (Lipinski definition) is 2. The van der Waals surface area contributed by atoms with Gasteiger partial charge in [0.2, 0.25) is 5.65 Å². The van der Waals surface area contributed by atoms with Crippen LogP contribution in [0.3, 0.4) is 0 Å². The Labute approximate surface area is 156 Å². The summed E-state index contributed by atoms with van der Waals surface area (Å²) in [7, 11) is 0.00212. The van der Waals surface area contributed by atoms with E-state index >= 15 is 0 Å². The molecule has 1 amide bonds. The number of aliphatic hydroxyl groups excluding tert-OH is 1. The predicted octanol–water partition coefficient (Wildman–Crippen LogP) is 2.32. The third kappa shape index (κ3) is 4.98. The number of amides is 1. The SMILES string of the molecule is CC(C)(C)[Si](C)(C)OC[C@@H]1O[C@H](n2ccc(NC(=O)P)nc2=O)C[C@@H]1O. The summed E-state index contributed by atoms with van der Waals surface area (Å²) in [6.45, 7) is 11.0. The molecule has 1 fully saturated rings. The molecular formula is C16H28N3O5PSi. The number of carbonyl (C=O) groups is 1. The Hall–Kier alpha value is -1.12. The van der Waals surface area contributed by atoms with Gasteiger partial charge in [0, 0.05) is 12.6 Å². The lowest BCUT2D eigenvalue weighted by atomic mass is 10.2. The second kappa shape index (κ2) is 7.86. The van der Waals surface area contributed by atoms with Crippen LogP contribution in [0.15, 0.2) is 17.1 Å². The van der Waals surface area contributed by atoms with Gasteiger partial charge >= 0.3 is 5.69 Å². The van der Waals surface area contributed by atoms with E-state index in [0.717, 1.165) is 0 Å². The van der Waals surface area contributed by atoms with Crippen LogP contribution in [0.5, 0.6) is 0 Å². The lowest BCUT2D eigenvalue weighted by Gasteiger charge is -2.37. The molecule has 26 heavy (non-hydrogen) atoms. The average Bonchev–Trinajstić information content (AvgIpc) is 2.84. The zero-order valence-corrected chi connectivity index (χ0v) is 18.0. The second-order valence-electron chi connectivity index (χ2n) is 8.00. The van der Waals surface area contributed by atoms with Crippen LogP contribution in [0.4, 0.5) is 10.6 Å². The number of nitrogens with zero attached hydrogens (tertiary/aromatic N) is 2. The van der Waals surface area contributed by atoms with Gasteiger partial charge < -0.3 is 19.6 Å². The van der Waals surface area contributed by atoms with Crippen molar-refractivity contribution in [3.63, 3.8) is 0 Å². The van der Waals surface area contributed by atoms with E-state index in [1.807, 2.05) is 9.24 Å². The summed E-state index contributed by atoms with van der Waals surface area (Å²) in [6.07, 6.45) is -0.0448. The molecular weight excluding hydrogens is 373 g/mol. The maximum absolute atomic E-state index is 12.2. The number of hydrogen-bond acceptors (Lipinski definition) is 6. The van der Waals surface area contributed by atoms with Gasteiger partial charge in [-0.25, -0.2) is 4.79 Å². The third-order valence-corrected chi connectivity index (χ3v) is 9.66. The summed E-state index contributed by atoms with van der Waals surface area (Å²) in [5.74, 6) is 0.169. The van der Waals surface area contributed by atoms with E-state index in [9.17, 15) is 14.7 Å². The molecule has 8 nitrogen and oxygen atoms in total. The first-order valence-electron chi connectivity index (χ1n) is 8.54. The van der Waals surface area contributed by atoms with Gasteiger partial charge in [-0.3, -0.25) is 9.36 Å². The maximum atomic E-state index is 12.2. The first-order chi connectivity index (χ1) is 11.9. The minimum atomic E-state index is -1.95. The number of aromatic nitrogens is 2. The highest BCUT2D eigenvalue weighted by molar-refractivity contribution is 7.40. The standard InChI is InChI=1S/C16H28N3O5PSi/c1-16(2,3)26(4,5)23-9-11-10(20)8-13(24-11)19-7-6-12(17-14(19)21)18-15(22)25/h6-7,10-11,13,20H,8-9,25H2,1-5H3,(H,17,18,21,22)/t10-,11-,13-/m0/s1. The Morgan fingerprint density at radius 3 is 2.73 bits per heavy atom. The molecule has 2 heterocycles. The lowest BCUT2D eigenvalue weighted by Crippen LogP contribution is -2.43. The van der Waals surface area contributed by atoms with Crippen molar-refractivity contribution in [2.24, 2.45) is 0 Å². The fourth-order valence-corrected chi connectivity index (χ4v) is 3.53. The number of aliphatic hydroxyl groups is 1. The summed E-state index contributed by atoms with van der Waals surface area (Å²) in [6, 6.07) is 1.51. The van der Waals surface area contributed by atoms with Crippen molar-refractivity contribution in [3.8, 4) is 0 Å². The molecule has 146 valence electrons. The first-order valence-corrected chi connectivity index (χ1v) is 12.0. The van der Waals surface area contributed by atoms with E-state index < -0.39 is 32.4 Å². The summed E-state index contributed by atoms with van der Waals surface area (Å²) in [5, 5.41) is 12.8. The third-order valence-electron chi connectivity index (χ3n) is 5.01. The Morgan fingerprint density at radius 2 is 2.19 bits per heavy atom. The van der Waals surface area contributed by atoms with Gasteiger partial charge in [0.1, 0.15) is 18.1 Å². The minimum absolute atomic E-state index is 0.0641. The monoisotopic (exact) mass is 401 g/mol. The van der Waals surface area contributed by atoms with E-state index in [0.29, 0.717) is 0 Å². The van der Waals surface area contributed by atoms with Gasteiger partial charge in [0.25, 0.3) is 0 Å². The zero-order valence-electron chi connectivity index (χ0n) is 15.9. The maximum Gasteiger partial charge on any atom is 0.351 e. The van der Waals surface area contributed by atoms with Gasteiger partial charge in [0.15, 0.2) is 8.32 Å². The van der Waals surface area contributed by atoms with Crippen molar-refractivity contribution in [2.45, 2.75) is 63.8 Å². The predicted molar refractivity (Wildman–Crippen MR) is 105 cm³/mol. The molecule has 10 heteroatoms. The summed E-state index contributed by atoms with van der Waals surface area (Å²) in [4.78, 5) is 27.0. The number of nitrogens with one attached hydrogen (secondary N) is 1. The fourth-order valence-electron chi connectivity index (χ4n) is 2.37. The highest BCUT2D eigenvalue weighted by Crippen LogP contribution is 2.37. The lowest BCUT2D eigenvalue weighted by molar-refractivity contribution is -0.0432. The van der Waals surface area contributed by atoms with Crippen molar-refractivity contribution in [2.75, 3.05) is 11.9 Å². The van der Waals surface area contributed by atoms with Crippen LogP contribution in [0.2, 0.25) is 18.1 Å². The summed E-state index contributed by atoms with van der Waals surface area (Å²) < 4.78 is 13.3. The molecule has 2 rings (SSSR count). The van der Waals surface area contributed by atoms with Gasteiger partial charge in [0.05, 0.1) is 12.7 Å². The number of anilines is 1. The van der Waals surface area contributed by atoms with Crippen molar-refractivity contribution in [1.82, 2.24) is 9.55 Å². The molecule has 1 aliphatic heterocycles. The van der Waals surface area contributed by atoms with E-state index in [4.69, 9.17) is 9.16 Å². The van der Waals surface area contributed by atoms with Crippen LogP contribution < -0.4 is 11.0 Å². The van der Waals surface area contributed by atoms with E-state index in [1.165, 1.54) is 16.8 Å². The summed E-state index contributed by atoms with van der Waals surface area (Å²) in [5.41, 5.74) is -0.936. The number of rotatable bonds is 5. The highest BCUT2D eigenvalue weighted by Gasteiger charge is 2.41.